The number of aryl methyl sites for hydroxylation is 1. The molecule has 2 saturated heterocycles. The molecule has 0 radical (unpaired) electrons. The van der Waals surface area contributed by atoms with Crippen LogP contribution in [0.3, 0.4) is 0 Å². The van der Waals surface area contributed by atoms with Crippen LogP contribution in [0.2, 0.25) is 0 Å². The Bertz CT molecular complexity index is 970. The molecular weight excluding hydrogens is 370 g/mol. The summed E-state index contributed by atoms with van der Waals surface area (Å²) in [7, 11) is 0. The molecule has 28 heavy (non-hydrogen) atoms. The summed E-state index contributed by atoms with van der Waals surface area (Å²) in [6.07, 6.45) is 0. The maximum absolute atomic E-state index is 13.1. The highest BCUT2D eigenvalue weighted by atomic mass is 32.1. The van der Waals surface area contributed by atoms with Crippen LogP contribution in [-0.2, 0) is 12.0 Å². The van der Waals surface area contributed by atoms with Crippen molar-refractivity contribution >= 4 is 17.2 Å². The maximum atomic E-state index is 13.1. The van der Waals surface area contributed by atoms with E-state index in [1.807, 2.05) is 42.2 Å². The van der Waals surface area contributed by atoms with Gasteiger partial charge in [0.2, 0.25) is 0 Å². The average molecular weight is 394 g/mol. The Morgan fingerprint density at radius 1 is 1.21 bits per heavy atom. The standard InChI is InChI=1S/C21H23N5OS/c1-15-22-20(24-23-15)21-13-25(12-18-8-5-9-28-18)10-17(21)11-26(14-21)19(27)16-6-3-2-4-7-16/h2-9,17H,10-14H2,1H3,(H,22,23,24)/t17-,21-/m1/s1. The van der Waals surface area contributed by atoms with Crippen LogP contribution < -0.4 is 0 Å². The van der Waals surface area contributed by atoms with Crippen molar-refractivity contribution in [2.45, 2.75) is 18.9 Å². The lowest BCUT2D eigenvalue weighted by Crippen LogP contribution is -2.40. The second-order valence-electron chi connectivity index (χ2n) is 7.90. The van der Waals surface area contributed by atoms with Gasteiger partial charge in [-0.25, -0.2) is 4.98 Å². The number of hydrogen-bond donors (Lipinski definition) is 1. The highest BCUT2D eigenvalue weighted by Gasteiger charge is 2.56. The number of rotatable bonds is 4. The van der Waals surface area contributed by atoms with E-state index in [1.54, 1.807) is 11.3 Å². The summed E-state index contributed by atoms with van der Waals surface area (Å²) >= 11 is 1.80. The van der Waals surface area contributed by atoms with Crippen LogP contribution in [0.25, 0.3) is 0 Å². The van der Waals surface area contributed by atoms with Crippen LogP contribution in [-0.4, -0.2) is 57.1 Å². The fourth-order valence-corrected chi connectivity index (χ4v) is 5.46. The van der Waals surface area contributed by atoms with Gasteiger partial charge in [-0.05, 0) is 30.5 Å². The average Bonchev–Trinajstić information content (AvgIpc) is 3.46. The van der Waals surface area contributed by atoms with Crippen molar-refractivity contribution < 1.29 is 4.79 Å². The van der Waals surface area contributed by atoms with Crippen molar-refractivity contribution in [3.63, 3.8) is 0 Å². The fraction of sp³-hybridized carbons (Fsp3) is 0.381. The van der Waals surface area contributed by atoms with Crippen molar-refractivity contribution in [1.82, 2.24) is 25.0 Å². The zero-order valence-electron chi connectivity index (χ0n) is 15.8. The van der Waals surface area contributed by atoms with E-state index in [1.165, 1.54) is 4.88 Å². The minimum absolute atomic E-state index is 0.103. The Morgan fingerprint density at radius 3 is 2.79 bits per heavy atom. The van der Waals surface area contributed by atoms with Crippen molar-refractivity contribution in [3.8, 4) is 0 Å². The second-order valence-corrected chi connectivity index (χ2v) is 8.93. The Kier molecular flexibility index (Phi) is 4.29. The van der Waals surface area contributed by atoms with Crippen LogP contribution in [0.1, 0.15) is 26.9 Å². The number of aromatic amines is 1. The molecule has 5 rings (SSSR count). The van der Waals surface area contributed by atoms with Gasteiger partial charge in [-0.2, -0.15) is 5.10 Å². The maximum Gasteiger partial charge on any atom is 0.253 e. The lowest BCUT2D eigenvalue weighted by atomic mass is 9.80. The Hall–Kier alpha value is -2.51. The van der Waals surface area contributed by atoms with Crippen molar-refractivity contribution in [3.05, 3.63) is 69.9 Å². The summed E-state index contributed by atoms with van der Waals surface area (Å²) in [6, 6.07) is 13.9. The van der Waals surface area contributed by atoms with E-state index in [0.717, 1.165) is 43.4 Å². The van der Waals surface area contributed by atoms with Gasteiger partial charge >= 0.3 is 0 Å². The van der Waals surface area contributed by atoms with Crippen LogP contribution in [0.4, 0.5) is 0 Å². The summed E-state index contributed by atoms with van der Waals surface area (Å²) in [5, 5.41) is 9.67. The molecule has 0 saturated carbocycles. The first-order valence-corrected chi connectivity index (χ1v) is 10.5. The first-order chi connectivity index (χ1) is 13.6. The summed E-state index contributed by atoms with van der Waals surface area (Å²) in [5.74, 6) is 2.13. The monoisotopic (exact) mass is 393 g/mol. The number of fused-ring (bicyclic) bond motifs is 1. The molecule has 4 heterocycles. The highest BCUT2D eigenvalue weighted by molar-refractivity contribution is 7.09. The van der Waals surface area contributed by atoms with Crippen molar-refractivity contribution in [2.24, 2.45) is 5.92 Å². The van der Waals surface area contributed by atoms with Gasteiger partial charge in [-0.3, -0.25) is 14.8 Å². The molecule has 2 aliphatic heterocycles. The molecule has 6 nitrogen and oxygen atoms in total. The minimum Gasteiger partial charge on any atom is -0.337 e. The van der Waals surface area contributed by atoms with Gasteiger partial charge < -0.3 is 4.90 Å². The number of nitrogens with zero attached hydrogens (tertiary/aromatic N) is 4. The third kappa shape index (κ3) is 2.95. The number of thiophene rings is 1. The number of amides is 1. The van der Waals surface area contributed by atoms with E-state index in [-0.39, 0.29) is 11.3 Å². The number of H-pyrrole nitrogens is 1. The molecule has 1 amide bonds. The SMILES string of the molecule is Cc1nc([C@@]23CN(Cc4cccs4)C[C@@H]2CN(C(=O)c2ccccc2)C3)n[nH]1. The number of nitrogens with one attached hydrogen (secondary N) is 1. The van der Waals surface area contributed by atoms with Gasteiger partial charge in [0.15, 0.2) is 5.82 Å². The quantitative estimate of drug-likeness (QED) is 0.740. The molecule has 144 valence electrons. The molecule has 3 aromatic rings. The molecule has 0 bridgehead atoms. The van der Waals surface area contributed by atoms with Gasteiger partial charge in [-0.15, -0.1) is 11.3 Å². The van der Waals surface area contributed by atoms with Crippen molar-refractivity contribution in [1.29, 1.82) is 0 Å². The third-order valence-corrected chi connectivity index (χ3v) is 6.85. The number of benzene rings is 1. The van der Waals surface area contributed by atoms with Gasteiger partial charge in [0.1, 0.15) is 5.82 Å². The predicted molar refractivity (Wildman–Crippen MR) is 108 cm³/mol. The van der Waals surface area contributed by atoms with E-state index in [0.29, 0.717) is 12.5 Å². The molecule has 0 unspecified atom stereocenters. The van der Waals surface area contributed by atoms with Gasteiger partial charge in [0, 0.05) is 49.1 Å². The highest BCUT2D eigenvalue weighted by Crippen LogP contribution is 2.44. The molecule has 2 aliphatic rings. The first kappa shape index (κ1) is 17.6. The minimum atomic E-state index is -0.202. The smallest absolute Gasteiger partial charge is 0.253 e. The summed E-state index contributed by atoms with van der Waals surface area (Å²) in [4.78, 5) is 23.6. The molecule has 7 heteroatoms. The number of likely N-dealkylation sites (tertiary alicyclic amines) is 2. The lowest BCUT2D eigenvalue weighted by Gasteiger charge is -2.26. The summed E-state index contributed by atoms with van der Waals surface area (Å²) in [5.41, 5.74) is 0.547. The molecule has 0 aliphatic carbocycles. The van der Waals surface area contributed by atoms with Crippen LogP contribution in [0, 0.1) is 12.8 Å². The van der Waals surface area contributed by atoms with Crippen molar-refractivity contribution in [2.75, 3.05) is 26.2 Å². The van der Waals surface area contributed by atoms with E-state index in [9.17, 15) is 4.79 Å². The molecular formula is C21H23N5OS. The van der Waals surface area contributed by atoms with E-state index < -0.39 is 0 Å². The Labute approximate surface area is 168 Å². The largest absolute Gasteiger partial charge is 0.337 e. The van der Waals surface area contributed by atoms with Gasteiger partial charge in [-0.1, -0.05) is 24.3 Å². The topological polar surface area (TPSA) is 65.1 Å². The third-order valence-electron chi connectivity index (χ3n) is 5.99. The zero-order chi connectivity index (χ0) is 19.1. The predicted octanol–water partition coefficient (Wildman–Crippen LogP) is 2.70. The van der Waals surface area contributed by atoms with Crippen LogP contribution in [0.5, 0.6) is 0 Å². The van der Waals surface area contributed by atoms with Gasteiger partial charge in [0.25, 0.3) is 5.91 Å². The van der Waals surface area contributed by atoms with E-state index in [2.05, 4.69) is 32.6 Å². The van der Waals surface area contributed by atoms with Gasteiger partial charge in [0.05, 0.1) is 5.41 Å². The lowest BCUT2D eigenvalue weighted by molar-refractivity contribution is 0.0769. The number of hydrogen-bond acceptors (Lipinski definition) is 5. The molecule has 1 aromatic carbocycles. The molecule has 1 N–H and O–H groups in total. The number of carbonyl (C=O) groups is 1. The normalized spacial score (nSPS) is 24.6. The zero-order valence-corrected chi connectivity index (χ0v) is 16.7. The fourth-order valence-electron chi connectivity index (χ4n) is 4.71. The van der Waals surface area contributed by atoms with E-state index in [4.69, 9.17) is 4.98 Å². The van der Waals surface area contributed by atoms with E-state index >= 15 is 0 Å². The first-order valence-electron chi connectivity index (χ1n) is 9.62. The molecule has 2 fully saturated rings. The molecule has 0 spiro atoms. The Balaban J connectivity index is 1.42. The van der Waals surface area contributed by atoms with Crippen LogP contribution in [0.15, 0.2) is 47.8 Å². The second kappa shape index (κ2) is 6.83. The van der Waals surface area contributed by atoms with Crippen LogP contribution >= 0.6 is 11.3 Å². The molecule has 2 atom stereocenters. The Morgan fingerprint density at radius 2 is 2.07 bits per heavy atom. The number of carbonyl (C=O) groups excluding carboxylic acids is 1. The summed E-state index contributed by atoms with van der Waals surface area (Å²) in [6.45, 7) is 6.15. The number of aromatic nitrogens is 3. The summed E-state index contributed by atoms with van der Waals surface area (Å²) < 4.78 is 0. The molecule has 2 aromatic heterocycles.